The number of fused-ring (bicyclic) bond motifs is 2. The lowest BCUT2D eigenvalue weighted by atomic mass is 9.88. The summed E-state index contributed by atoms with van der Waals surface area (Å²) in [4.78, 5) is 26.9. The predicted octanol–water partition coefficient (Wildman–Crippen LogP) is 4.87. The van der Waals surface area contributed by atoms with E-state index in [1.165, 1.54) is 11.3 Å². The molecule has 0 atom stereocenters. The third-order valence-electron chi connectivity index (χ3n) is 7.54. The monoisotopic (exact) mass is 522 g/mol. The molecule has 1 aliphatic heterocycles. The largest absolute Gasteiger partial charge is 0.385 e. The number of aromatic amines is 2. The molecular weight excluding hydrogens is 494 g/mol. The molecule has 8 nitrogen and oxygen atoms in total. The Hall–Kier alpha value is -4.08. The van der Waals surface area contributed by atoms with Crippen LogP contribution in [-0.2, 0) is 11.3 Å². The Morgan fingerprint density at radius 3 is 2.82 bits per heavy atom. The molecule has 190 valence electrons. The van der Waals surface area contributed by atoms with E-state index in [2.05, 4.69) is 55.1 Å². The number of pyridine rings is 1. The molecule has 1 fully saturated rings. The molecule has 1 amide bonds. The second-order valence-corrected chi connectivity index (χ2v) is 11.0. The fourth-order valence-corrected chi connectivity index (χ4v) is 6.30. The number of hydrogen-bond donors (Lipinski definition) is 4. The standard InChI is InChI=1S/C29H27N7OS/c37-29(17-5-2-1-3-6-17)32-20-11-19(13-30-14-20)18-8-9-23-21(12-18)27(36-35-23)28-33-24-16-31-15-22(26(24)34-28)25-7-4-10-38-25/h4,7-15,17,31H,1-3,5-6,16H2,(H,32,37)(H,33,34)(H,35,36)/p+1. The van der Waals surface area contributed by atoms with Crippen molar-refractivity contribution in [3.8, 4) is 22.6 Å². The van der Waals surface area contributed by atoms with Gasteiger partial charge in [0, 0.05) is 39.9 Å². The number of rotatable bonds is 5. The van der Waals surface area contributed by atoms with Crippen molar-refractivity contribution >= 4 is 39.4 Å². The van der Waals surface area contributed by atoms with Crippen molar-refractivity contribution < 1.29 is 10.1 Å². The summed E-state index contributed by atoms with van der Waals surface area (Å²) in [6.07, 6.45) is 11.2. The first-order valence-corrected chi connectivity index (χ1v) is 14.0. The summed E-state index contributed by atoms with van der Waals surface area (Å²) in [6, 6.07) is 12.4. The summed E-state index contributed by atoms with van der Waals surface area (Å²) < 4.78 is 0. The topological polar surface area (TPSA) is 116 Å². The zero-order chi connectivity index (χ0) is 25.5. The zero-order valence-electron chi connectivity index (χ0n) is 20.8. The van der Waals surface area contributed by atoms with Gasteiger partial charge in [-0.25, -0.2) is 15.1 Å². The third kappa shape index (κ3) is 4.23. The maximum atomic E-state index is 12.8. The van der Waals surface area contributed by atoms with Gasteiger partial charge in [-0.05, 0) is 42.0 Å². The van der Waals surface area contributed by atoms with Crippen LogP contribution in [0.4, 0.5) is 5.69 Å². The molecule has 0 spiro atoms. The minimum Gasteiger partial charge on any atom is -0.385 e. The normalized spacial score (nSPS) is 15.7. The van der Waals surface area contributed by atoms with Gasteiger partial charge in [0.15, 0.2) is 11.5 Å². The van der Waals surface area contributed by atoms with Crippen molar-refractivity contribution in [1.82, 2.24) is 30.5 Å². The van der Waals surface area contributed by atoms with Gasteiger partial charge < -0.3 is 10.3 Å². The van der Waals surface area contributed by atoms with E-state index in [0.717, 1.165) is 81.9 Å². The molecule has 9 heteroatoms. The number of benzene rings is 1. The lowest BCUT2D eigenvalue weighted by molar-refractivity contribution is -0.488. The molecule has 5 aromatic rings. The Kier molecular flexibility index (Phi) is 5.87. The first-order chi connectivity index (χ1) is 18.7. The highest BCUT2D eigenvalue weighted by Crippen LogP contribution is 2.34. The van der Waals surface area contributed by atoms with E-state index in [1.807, 2.05) is 24.5 Å². The molecule has 1 saturated carbocycles. The first kappa shape index (κ1) is 23.1. The number of amides is 1. The Bertz CT molecular complexity index is 1660. The Balaban J connectivity index is 1.20. The zero-order valence-corrected chi connectivity index (χ0v) is 21.6. The SMILES string of the molecule is O=C([NH2+]c1cncc(-c2ccc3[nH]nc(-c4nc5c([nH]4)CNC=C5c4cccs4)c3c2)c1)C1CCCCC1. The number of nitrogens with one attached hydrogen (secondary N) is 3. The first-order valence-electron chi connectivity index (χ1n) is 13.1. The number of carbonyl (C=O) groups excluding carboxylic acids is 1. The number of thiophene rings is 1. The highest BCUT2D eigenvalue weighted by molar-refractivity contribution is 7.11. The van der Waals surface area contributed by atoms with E-state index < -0.39 is 0 Å². The van der Waals surface area contributed by atoms with Crippen LogP contribution in [0.5, 0.6) is 0 Å². The quantitative estimate of drug-likeness (QED) is 0.263. The lowest BCUT2D eigenvalue weighted by Crippen LogP contribution is -2.84. The van der Waals surface area contributed by atoms with Crippen LogP contribution in [0.15, 0.2) is 60.4 Å². The molecule has 38 heavy (non-hydrogen) atoms. The molecule has 0 unspecified atom stereocenters. The van der Waals surface area contributed by atoms with Crippen molar-refractivity contribution in [3.63, 3.8) is 0 Å². The van der Waals surface area contributed by atoms with E-state index in [1.54, 1.807) is 22.9 Å². The summed E-state index contributed by atoms with van der Waals surface area (Å²) in [5, 5.41) is 16.0. The fraction of sp³-hybridized carbons (Fsp3) is 0.241. The maximum absolute atomic E-state index is 12.8. The third-order valence-corrected chi connectivity index (χ3v) is 8.45. The molecule has 4 aromatic heterocycles. The van der Waals surface area contributed by atoms with Crippen LogP contribution >= 0.6 is 11.3 Å². The molecule has 1 aliphatic carbocycles. The van der Waals surface area contributed by atoms with Crippen LogP contribution in [0.2, 0.25) is 0 Å². The fourth-order valence-electron chi connectivity index (χ4n) is 5.55. The van der Waals surface area contributed by atoms with Crippen molar-refractivity contribution in [3.05, 3.63) is 76.6 Å². The highest BCUT2D eigenvalue weighted by Gasteiger charge is 2.25. The molecule has 1 aromatic carbocycles. The minimum atomic E-state index is 0.154. The van der Waals surface area contributed by atoms with E-state index in [-0.39, 0.29) is 11.8 Å². The van der Waals surface area contributed by atoms with Crippen LogP contribution < -0.4 is 10.6 Å². The molecule has 0 bridgehead atoms. The number of aromatic nitrogens is 5. The number of quaternary nitrogens is 1. The van der Waals surface area contributed by atoms with Gasteiger partial charge in [-0.1, -0.05) is 31.4 Å². The van der Waals surface area contributed by atoms with E-state index in [4.69, 9.17) is 4.98 Å². The molecule has 5 heterocycles. The van der Waals surface area contributed by atoms with Crippen LogP contribution in [0.25, 0.3) is 39.1 Å². The van der Waals surface area contributed by atoms with Gasteiger partial charge in [-0.2, -0.15) is 5.10 Å². The van der Waals surface area contributed by atoms with E-state index >= 15 is 0 Å². The van der Waals surface area contributed by atoms with Crippen molar-refractivity contribution in [2.24, 2.45) is 5.92 Å². The highest BCUT2D eigenvalue weighted by atomic mass is 32.1. The second kappa shape index (κ2) is 9.66. The number of nitrogens with zero attached hydrogens (tertiary/aromatic N) is 3. The number of carbonyl (C=O) groups is 1. The van der Waals surface area contributed by atoms with Gasteiger partial charge in [0.1, 0.15) is 5.69 Å². The lowest BCUT2D eigenvalue weighted by Gasteiger charge is -2.17. The molecule has 5 N–H and O–H groups in total. The maximum Gasteiger partial charge on any atom is 0.318 e. The number of H-pyrrole nitrogens is 2. The predicted molar refractivity (Wildman–Crippen MR) is 148 cm³/mol. The smallest absolute Gasteiger partial charge is 0.318 e. The average molecular weight is 523 g/mol. The van der Waals surface area contributed by atoms with Gasteiger partial charge in [0.2, 0.25) is 0 Å². The number of nitrogens with two attached hydrogens (primary N) is 1. The molecule has 2 aliphatic rings. The van der Waals surface area contributed by atoms with Gasteiger partial charge >= 0.3 is 5.91 Å². The number of primary amides is 1. The molecule has 7 rings (SSSR count). The van der Waals surface area contributed by atoms with E-state index in [0.29, 0.717) is 6.54 Å². The molecule has 0 radical (unpaired) electrons. The Morgan fingerprint density at radius 2 is 1.95 bits per heavy atom. The van der Waals surface area contributed by atoms with Crippen LogP contribution in [0.3, 0.4) is 0 Å². The van der Waals surface area contributed by atoms with Gasteiger partial charge in [-0.15, -0.1) is 11.3 Å². The van der Waals surface area contributed by atoms with Crippen LogP contribution in [0, 0.1) is 5.92 Å². The summed E-state index contributed by atoms with van der Waals surface area (Å²) in [5.74, 6) is 1.12. The van der Waals surface area contributed by atoms with Gasteiger partial charge in [0.25, 0.3) is 0 Å². The summed E-state index contributed by atoms with van der Waals surface area (Å²) in [7, 11) is 0. The van der Waals surface area contributed by atoms with Gasteiger partial charge in [0.05, 0.1) is 35.6 Å². The Morgan fingerprint density at radius 1 is 1.03 bits per heavy atom. The molecule has 0 saturated heterocycles. The number of imidazole rings is 1. The van der Waals surface area contributed by atoms with Crippen LogP contribution in [0.1, 0.15) is 48.4 Å². The van der Waals surface area contributed by atoms with Crippen molar-refractivity contribution in [1.29, 1.82) is 0 Å². The average Bonchev–Trinajstić information content (AvgIpc) is 3.73. The Labute approximate surface area is 223 Å². The molecular formula is C29H28N7OS+. The second-order valence-electron chi connectivity index (χ2n) is 10.0. The summed E-state index contributed by atoms with van der Waals surface area (Å²) in [5.41, 5.74) is 7.66. The van der Waals surface area contributed by atoms with Crippen LogP contribution in [-0.4, -0.2) is 31.1 Å². The minimum absolute atomic E-state index is 0.154. The van der Waals surface area contributed by atoms with Crippen molar-refractivity contribution in [2.75, 3.05) is 0 Å². The number of hydrogen-bond acceptors (Lipinski definition) is 6. The van der Waals surface area contributed by atoms with Crippen molar-refractivity contribution in [2.45, 2.75) is 38.6 Å². The van der Waals surface area contributed by atoms with E-state index in [9.17, 15) is 4.79 Å². The summed E-state index contributed by atoms with van der Waals surface area (Å²) >= 11 is 1.70. The van der Waals surface area contributed by atoms with Gasteiger partial charge in [-0.3, -0.25) is 10.1 Å². The summed E-state index contributed by atoms with van der Waals surface area (Å²) in [6.45, 7) is 0.694.